The summed E-state index contributed by atoms with van der Waals surface area (Å²) < 4.78 is 15.8. The monoisotopic (exact) mass is 404 g/mol. The smallest absolute Gasteiger partial charge is 0.319 e. The predicted octanol–water partition coefficient (Wildman–Crippen LogP) is 2.11. The van der Waals surface area contributed by atoms with Gasteiger partial charge in [-0.3, -0.25) is 0 Å². The molecule has 0 radical (unpaired) electrons. The average Bonchev–Trinajstić information content (AvgIpc) is 2.69. The van der Waals surface area contributed by atoms with E-state index in [0.717, 1.165) is 11.5 Å². The molecule has 0 aliphatic rings. The summed E-state index contributed by atoms with van der Waals surface area (Å²) in [7, 11) is 8.39. The second-order valence-corrected chi connectivity index (χ2v) is 6.31. The van der Waals surface area contributed by atoms with Crippen LogP contribution in [0.3, 0.4) is 0 Å². The molecule has 10 heteroatoms. The summed E-state index contributed by atoms with van der Waals surface area (Å²) in [5, 5.41) is 8.61. The van der Waals surface area contributed by atoms with Crippen molar-refractivity contribution in [1.29, 1.82) is 0 Å². The minimum absolute atomic E-state index is 0.361. The Balaban J connectivity index is 1.89. The summed E-state index contributed by atoms with van der Waals surface area (Å²) in [4.78, 5) is 22.8. The van der Waals surface area contributed by atoms with Crippen LogP contribution < -0.4 is 35.1 Å². The van der Waals surface area contributed by atoms with Crippen LogP contribution >= 0.6 is 0 Å². The number of carbonyl (C=O) groups is 1. The molecule has 0 bridgehead atoms. The zero-order chi connectivity index (χ0) is 21.4. The Morgan fingerprint density at radius 2 is 1.66 bits per heavy atom. The molecule has 3 N–H and O–H groups in total. The molecule has 1 aromatic carbocycles. The number of aromatic nitrogens is 2. The van der Waals surface area contributed by atoms with Crippen molar-refractivity contribution in [3.63, 3.8) is 0 Å². The first kappa shape index (κ1) is 21.9. The van der Waals surface area contributed by atoms with Crippen molar-refractivity contribution < 1.29 is 19.0 Å². The number of nitrogens with zero attached hydrogens (tertiary/aromatic N) is 3. The fraction of sp³-hybridized carbons (Fsp3) is 0.421. The van der Waals surface area contributed by atoms with Gasteiger partial charge in [-0.05, 0) is 6.92 Å². The zero-order valence-electron chi connectivity index (χ0n) is 17.6. The van der Waals surface area contributed by atoms with Gasteiger partial charge >= 0.3 is 6.03 Å². The van der Waals surface area contributed by atoms with Crippen LogP contribution in [0, 0.1) is 6.92 Å². The van der Waals surface area contributed by atoms with Crippen molar-refractivity contribution in [2.75, 3.05) is 64.0 Å². The minimum Gasteiger partial charge on any atom is -0.493 e. The van der Waals surface area contributed by atoms with Crippen molar-refractivity contribution in [3.8, 4) is 17.2 Å². The highest BCUT2D eigenvalue weighted by Gasteiger charge is 2.14. The average molecular weight is 404 g/mol. The van der Waals surface area contributed by atoms with Crippen LogP contribution in [0.5, 0.6) is 17.2 Å². The SMILES string of the molecule is COc1cc(NC(=O)NCCNc2nc(C)cc(N(C)C)n2)cc(OC)c1OC. The molecular weight excluding hydrogens is 376 g/mol. The van der Waals surface area contributed by atoms with Gasteiger partial charge in [-0.1, -0.05) is 0 Å². The standard InChI is InChI=1S/C19H28N6O4/c1-12-9-16(25(2)3)24-18(22-12)20-7-8-21-19(26)23-13-10-14(27-4)17(29-6)15(11-13)28-5/h9-11H,7-8H2,1-6H3,(H,20,22,24)(H2,21,23,26). The minimum atomic E-state index is -0.361. The van der Waals surface area contributed by atoms with Crippen LogP contribution in [0.15, 0.2) is 18.2 Å². The summed E-state index contributed by atoms with van der Waals surface area (Å²) in [5.74, 6) is 2.70. The number of carbonyl (C=O) groups excluding carboxylic acids is 1. The molecule has 0 saturated carbocycles. The Bertz CT molecular complexity index is 818. The molecule has 0 saturated heterocycles. The molecule has 2 aromatic rings. The van der Waals surface area contributed by atoms with E-state index >= 15 is 0 Å². The Morgan fingerprint density at radius 1 is 1.00 bits per heavy atom. The molecule has 0 aliphatic carbocycles. The van der Waals surface area contributed by atoms with Crippen LogP contribution in [0.25, 0.3) is 0 Å². The molecule has 2 rings (SSSR count). The van der Waals surface area contributed by atoms with E-state index in [0.29, 0.717) is 42.0 Å². The van der Waals surface area contributed by atoms with Crippen molar-refractivity contribution in [3.05, 3.63) is 23.9 Å². The number of amides is 2. The molecule has 10 nitrogen and oxygen atoms in total. The predicted molar refractivity (Wildman–Crippen MR) is 113 cm³/mol. The molecule has 0 atom stereocenters. The summed E-state index contributed by atoms with van der Waals surface area (Å²) in [6, 6.07) is 4.85. The fourth-order valence-corrected chi connectivity index (χ4v) is 2.54. The second-order valence-electron chi connectivity index (χ2n) is 6.31. The number of nitrogens with one attached hydrogen (secondary N) is 3. The first-order chi connectivity index (χ1) is 13.9. The topological polar surface area (TPSA) is 110 Å². The lowest BCUT2D eigenvalue weighted by atomic mass is 10.2. The number of aryl methyl sites for hydroxylation is 1. The lowest BCUT2D eigenvalue weighted by Crippen LogP contribution is -2.32. The highest BCUT2D eigenvalue weighted by molar-refractivity contribution is 5.90. The van der Waals surface area contributed by atoms with E-state index in [2.05, 4.69) is 25.9 Å². The number of hydrogen-bond donors (Lipinski definition) is 3. The summed E-state index contributed by atoms with van der Waals surface area (Å²) in [5.41, 5.74) is 1.38. The number of methoxy groups -OCH3 is 3. The maximum Gasteiger partial charge on any atom is 0.319 e. The Labute approximate surface area is 170 Å². The van der Waals surface area contributed by atoms with Gasteiger partial charge in [0.25, 0.3) is 0 Å². The van der Waals surface area contributed by atoms with Crippen molar-refractivity contribution >= 4 is 23.5 Å². The van der Waals surface area contributed by atoms with E-state index < -0.39 is 0 Å². The molecule has 29 heavy (non-hydrogen) atoms. The van der Waals surface area contributed by atoms with E-state index in [1.54, 1.807) is 12.1 Å². The molecule has 0 spiro atoms. The van der Waals surface area contributed by atoms with Gasteiger partial charge in [0, 0.05) is 51.1 Å². The van der Waals surface area contributed by atoms with Gasteiger partial charge in [0.1, 0.15) is 5.82 Å². The number of benzene rings is 1. The molecule has 158 valence electrons. The van der Waals surface area contributed by atoms with Gasteiger partial charge in [0.05, 0.1) is 27.0 Å². The van der Waals surface area contributed by atoms with Crippen LogP contribution in [-0.2, 0) is 0 Å². The first-order valence-corrected chi connectivity index (χ1v) is 8.99. The first-order valence-electron chi connectivity index (χ1n) is 8.99. The van der Waals surface area contributed by atoms with Gasteiger partial charge in [0.15, 0.2) is 11.5 Å². The summed E-state index contributed by atoms with van der Waals surface area (Å²) in [6.07, 6.45) is 0. The molecule has 0 aliphatic heterocycles. The van der Waals surface area contributed by atoms with Crippen LogP contribution in [0.4, 0.5) is 22.2 Å². The normalized spacial score (nSPS) is 10.1. The largest absolute Gasteiger partial charge is 0.493 e. The van der Waals surface area contributed by atoms with Gasteiger partial charge in [-0.15, -0.1) is 0 Å². The van der Waals surface area contributed by atoms with Crippen LogP contribution in [-0.4, -0.2) is 64.5 Å². The van der Waals surface area contributed by atoms with Gasteiger partial charge in [0.2, 0.25) is 11.7 Å². The van der Waals surface area contributed by atoms with Crippen molar-refractivity contribution in [2.24, 2.45) is 0 Å². The Morgan fingerprint density at radius 3 is 2.21 bits per heavy atom. The number of urea groups is 1. The zero-order valence-corrected chi connectivity index (χ0v) is 17.6. The van der Waals surface area contributed by atoms with E-state index in [9.17, 15) is 4.79 Å². The molecule has 0 fully saturated rings. The van der Waals surface area contributed by atoms with Gasteiger partial charge < -0.3 is 35.1 Å². The van der Waals surface area contributed by atoms with Gasteiger partial charge in [-0.2, -0.15) is 4.98 Å². The molecule has 2 amide bonds. The van der Waals surface area contributed by atoms with Crippen molar-refractivity contribution in [2.45, 2.75) is 6.92 Å². The number of rotatable bonds is 9. The third-order valence-electron chi connectivity index (χ3n) is 3.92. The van der Waals surface area contributed by atoms with E-state index in [4.69, 9.17) is 14.2 Å². The third-order valence-corrected chi connectivity index (χ3v) is 3.92. The van der Waals surface area contributed by atoms with Gasteiger partial charge in [-0.25, -0.2) is 9.78 Å². The number of anilines is 3. The molecule has 1 heterocycles. The van der Waals surface area contributed by atoms with E-state index in [1.165, 1.54) is 21.3 Å². The highest BCUT2D eigenvalue weighted by atomic mass is 16.5. The van der Waals surface area contributed by atoms with Crippen LogP contribution in [0.1, 0.15) is 5.69 Å². The molecular formula is C19H28N6O4. The summed E-state index contributed by atoms with van der Waals surface area (Å²) in [6.45, 7) is 2.76. The highest BCUT2D eigenvalue weighted by Crippen LogP contribution is 2.39. The quantitative estimate of drug-likeness (QED) is 0.545. The van der Waals surface area contributed by atoms with E-state index in [-0.39, 0.29) is 6.03 Å². The second kappa shape index (κ2) is 10.2. The maximum absolute atomic E-state index is 12.2. The molecule has 1 aromatic heterocycles. The molecule has 0 unspecified atom stereocenters. The third kappa shape index (κ3) is 6.03. The summed E-state index contributed by atoms with van der Waals surface area (Å²) >= 11 is 0. The maximum atomic E-state index is 12.2. The lowest BCUT2D eigenvalue weighted by molar-refractivity contribution is 0.252. The Hall–Kier alpha value is -3.43. The van der Waals surface area contributed by atoms with E-state index in [1.807, 2.05) is 32.0 Å². The van der Waals surface area contributed by atoms with Crippen molar-refractivity contribution in [1.82, 2.24) is 15.3 Å². The van der Waals surface area contributed by atoms with Crippen LogP contribution in [0.2, 0.25) is 0 Å². The Kier molecular flexibility index (Phi) is 7.70. The number of ether oxygens (including phenoxy) is 3. The number of hydrogen-bond acceptors (Lipinski definition) is 8. The lowest BCUT2D eigenvalue weighted by Gasteiger charge is -2.15. The fourth-order valence-electron chi connectivity index (χ4n) is 2.54.